The monoisotopic (exact) mass is 351 g/mol. The normalized spacial score (nSPS) is 18.9. The molecule has 1 saturated heterocycles. The summed E-state index contributed by atoms with van der Waals surface area (Å²) in [5, 5.41) is -0.137. The highest BCUT2D eigenvalue weighted by Crippen LogP contribution is 2.37. The average Bonchev–Trinajstić information content (AvgIpc) is 2.76. The van der Waals surface area contributed by atoms with Crippen molar-refractivity contribution >= 4 is 40.1 Å². The van der Waals surface area contributed by atoms with Crippen LogP contribution in [0.3, 0.4) is 0 Å². The van der Waals surface area contributed by atoms with Gasteiger partial charge < -0.3 is 4.90 Å². The maximum atomic E-state index is 12.6. The van der Waals surface area contributed by atoms with Crippen LogP contribution in [0.4, 0.5) is 18.9 Å². The number of carbonyl (C=O) groups is 2. The van der Waals surface area contributed by atoms with Crippen LogP contribution in [0.1, 0.15) is 18.9 Å². The van der Waals surface area contributed by atoms with Crippen LogP contribution in [-0.2, 0) is 15.8 Å². The summed E-state index contributed by atoms with van der Waals surface area (Å²) in [4.78, 5) is 24.4. The van der Waals surface area contributed by atoms with E-state index in [1.165, 1.54) is 17.9 Å². The third kappa shape index (κ3) is 3.95. The second-order valence-corrected chi connectivity index (χ2v) is 6.65. The van der Waals surface area contributed by atoms with E-state index >= 15 is 0 Å². The van der Waals surface area contributed by atoms with Gasteiger partial charge in [-0.05, 0) is 24.1 Å². The Kier molecular flexibility index (Phi) is 5.07. The number of hydrogen-bond donors (Lipinski definition) is 0. The lowest BCUT2D eigenvalue weighted by molar-refractivity contribution is -0.137. The predicted molar refractivity (Wildman–Crippen MR) is 80.1 cm³/mol. The molecule has 1 aliphatic heterocycles. The molecule has 1 aromatic rings. The third-order valence-electron chi connectivity index (χ3n) is 3.29. The van der Waals surface area contributed by atoms with E-state index < -0.39 is 11.7 Å². The van der Waals surface area contributed by atoms with Crippen molar-refractivity contribution in [3.05, 3.63) is 28.8 Å². The lowest BCUT2D eigenvalue weighted by Crippen LogP contribution is -2.25. The van der Waals surface area contributed by atoms with Gasteiger partial charge in [0, 0.05) is 25.6 Å². The molecule has 0 aromatic heterocycles. The highest BCUT2D eigenvalue weighted by Gasteiger charge is 2.34. The molecule has 3 nitrogen and oxygen atoms in total. The summed E-state index contributed by atoms with van der Waals surface area (Å²) >= 11 is 7.04. The first-order chi connectivity index (χ1) is 10.2. The summed E-state index contributed by atoms with van der Waals surface area (Å²) < 4.78 is 37.9. The molecular weight excluding hydrogens is 339 g/mol. The number of alkyl halides is 3. The fourth-order valence-corrected chi connectivity index (χ4v) is 3.24. The minimum Gasteiger partial charge on any atom is -0.311 e. The maximum absolute atomic E-state index is 12.6. The fourth-order valence-electron chi connectivity index (χ4n) is 2.26. The summed E-state index contributed by atoms with van der Waals surface area (Å²) in [6, 6.07) is 2.94. The summed E-state index contributed by atoms with van der Waals surface area (Å²) in [5.41, 5.74) is -0.577. The number of carbonyl (C=O) groups excluding carboxylic acids is 2. The topological polar surface area (TPSA) is 37.4 Å². The van der Waals surface area contributed by atoms with Gasteiger partial charge in [0.1, 0.15) is 0 Å². The molecule has 0 aliphatic carbocycles. The van der Waals surface area contributed by atoms with Crippen molar-refractivity contribution in [1.82, 2.24) is 0 Å². The van der Waals surface area contributed by atoms with E-state index in [-0.39, 0.29) is 34.1 Å². The van der Waals surface area contributed by atoms with Gasteiger partial charge >= 0.3 is 6.18 Å². The number of anilines is 1. The Balaban J connectivity index is 2.15. The molecule has 22 heavy (non-hydrogen) atoms. The number of amides is 1. The molecule has 0 bridgehead atoms. The lowest BCUT2D eigenvalue weighted by Gasteiger charge is -2.19. The van der Waals surface area contributed by atoms with Crippen molar-refractivity contribution in [2.45, 2.75) is 19.5 Å². The average molecular weight is 352 g/mol. The van der Waals surface area contributed by atoms with Crippen LogP contribution in [0.2, 0.25) is 5.02 Å². The predicted octanol–water partition coefficient (Wildman–Crippen LogP) is 3.99. The van der Waals surface area contributed by atoms with Crippen LogP contribution in [0.25, 0.3) is 0 Å². The van der Waals surface area contributed by atoms with Gasteiger partial charge in [-0.3, -0.25) is 9.59 Å². The zero-order valence-electron chi connectivity index (χ0n) is 11.6. The molecule has 1 aromatic carbocycles. The van der Waals surface area contributed by atoms with Gasteiger partial charge in [0.25, 0.3) is 0 Å². The van der Waals surface area contributed by atoms with Gasteiger partial charge in [-0.25, -0.2) is 0 Å². The molecule has 1 amide bonds. The summed E-state index contributed by atoms with van der Waals surface area (Å²) in [7, 11) is 0. The molecule has 120 valence electrons. The number of halogens is 4. The fraction of sp³-hybridized carbons (Fsp3) is 0.429. The molecule has 1 fully saturated rings. The van der Waals surface area contributed by atoms with Crippen LogP contribution in [-0.4, -0.2) is 23.3 Å². The van der Waals surface area contributed by atoms with Crippen LogP contribution >= 0.6 is 23.4 Å². The smallest absolute Gasteiger partial charge is 0.311 e. The van der Waals surface area contributed by atoms with Crippen LogP contribution < -0.4 is 4.90 Å². The Labute approximate surface area is 134 Å². The van der Waals surface area contributed by atoms with Crippen molar-refractivity contribution in [3.8, 4) is 0 Å². The highest BCUT2D eigenvalue weighted by molar-refractivity contribution is 8.13. The summed E-state index contributed by atoms with van der Waals surface area (Å²) in [6.45, 7) is 1.80. The zero-order valence-corrected chi connectivity index (χ0v) is 13.2. The molecule has 0 N–H and O–H groups in total. The second-order valence-electron chi connectivity index (χ2n) is 5.04. The molecule has 0 spiro atoms. The van der Waals surface area contributed by atoms with Crippen LogP contribution in [0.15, 0.2) is 18.2 Å². The van der Waals surface area contributed by atoms with Crippen molar-refractivity contribution in [2.75, 3.05) is 17.2 Å². The van der Waals surface area contributed by atoms with Crippen LogP contribution in [0, 0.1) is 5.92 Å². The number of rotatable bonds is 3. The number of benzene rings is 1. The molecular formula is C14H13ClF3NO2S. The van der Waals surface area contributed by atoms with E-state index in [0.29, 0.717) is 12.3 Å². The van der Waals surface area contributed by atoms with Crippen LogP contribution in [0.5, 0.6) is 0 Å². The third-order valence-corrected chi connectivity index (χ3v) is 4.64. The van der Waals surface area contributed by atoms with Gasteiger partial charge in [-0.1, -0.05) is 23.4 Å². The largest absolute Gasteiger partial charge is 0.416 e. The molecule has 1 aliphatic rings. The van der Waals surface area contributed by atoms with E-state index in [0.717, 1.165) is 23.9 Å². The van der Waals surface area contributed by atoms with E-state index in [1.807, 2.05) is 0 Å². The minimum atomic E-state index is -4.47. The van der Waals surface area contributed by atoms with E-state index in [9.17, 15) is 22.8 Å². The number of nitrogens with zero attached hydrogens (tertiary/aromatic N) is 1. The van der Waals surface area contributed by atoms with Gasteiger partial charge in [-0.2, -0.15) is 13.2 Å². The molecule has 1 atom stereocenters. The quantitative estimate of drug-likeness (QED) is 0.826. The Morgan fingerprint density at radius 2 is 2.14 bits per heavy atom. The minimum absolute atomic E-state index is 0.0141. The van der Waals surface area contributed by atoms with Gasteiger partial charge in [0.15, 0.2) is 5.12 Å². The van der Waals surface area contributed by atoms with E-state index in [2.05, 4.69) is 0 Å². The van der Waals surface area contributed by atoms with Crippen molar-refractivity contribution in [2.24, 2.45) is 5.92 Å². The molecule has 1 unspecified atom stereocenters. The van der Waals surface area contributed by atoms with Gasteiger partial charge in [-0.15, -0.1) is 0 Å². The SMILES string of the molecule is CC(=O)SCC1CC(=O)N(c2ccc(C(F)(F)F)cc2Cl)C1. The molecule has 1 heterocycles. The number of hydrogen-bond acceptors (Lipinski definition) is 3. The first kappa shape index (κ1) is 17.1. The first-order valence-electron chi connectivity index (χ1n) is 6.49. The van der Waals surface area contributed by atoms with Crippen molar-refractivity contribution in [1.29, 1.82) is 0 Å². The standard InChI is InChI=1S/C14H13ClF3NO2S/c1-8(20)22-7-9-4-13(21)19(6-9)12-3-2-10(5-11(12)15)14(16,17)18/h2-3,5,9H,4,6-7H2,1H3. The van der Waals surface area contributed by atoms with Gasteiger partial charge in [0.05, 0.1) is 16.3 Å². The van der Waals surface area contributed by atoms with E-state index in [1.54, 1.807) is 0 Å². The second kappa shape index (κ2) is 6.50. The first-order valence-corrected chi connectivity index (χ1v) is 7.85. The Morgan fingerprint density at radius 3 is 2.68 bits per heavy atom. The van der Waals surface area contributed by atoms with Crippen molar-refractivity contribution in [3.63, 3.8) is 0 Å². The molecule has 2 rings (SSSR count). The summed E-state index contributed by atoms with van der Waals surface area (Å²) in [6.07, 6.45) is -4.21. The lowest BCUT2D eigenvalue weighted by atomic mass is 10.1. The van der Waals surface area contributed by atoms with Crippen molar-refractivity contribution < 1.29 is 22.8 Å². The molecule has 8 heteroatoms. The number of thioether (sulfide) groups is 1. The maximum Gasteiger partial charge on any atom is 0.416 e. The summed E-state index contributed by atoms with van der Waals surface area (Å²) in [5.74, 6) is 0.297. The Bertz CT molecular complexity index is 606. The Morgan fingerprint density at radius 1 is 1.45 bits per heavy atom. The molecule has 0 saturated carbocycles. The molecule has 0 radical (unpaired) electrons. The van der Waals surface area contributed by atoms with Gasteiger partial charge in [0.2, 0.25) is 5.91 Å². The zero-order chi connectivity index (χ0) is 16.5. The highest BCUT2D eigenvalue weighted by atomic mass is 35.5. The van der Waals surface area contributed by atoms with E-state index in [4.69, 9.17) is 11.6 Å². The Hall–Kier alpha value is -1.21.